The van der Waals surface area contributed by atoms with Crippen molar-refractivity contribution in [1.29, 1.82) is 0 Å². The highest BCUT2D eigenvalue weighted by atomic mass is 35.5. The van der Waals surface area contributed by atoms with E-state index < -0.39 is 31.1 Å². The number of anilines is 1. The van der Waals surface area contributed by atoms with E-state index in [-0.39, 0.29) is 36.9 Å². The zero-order chi connectivity index (χ0) is 29.2. The van der Waals surface area contributed by atoms with Crippen LogP contribution in [0, 0.1) is 12.3 Å². The molecule has 1 amide bonds. The van der Waals surface area contributed by atoms with Gasteiger partial charge in [-0.25, -0.2) is 4.68 Å². The predicted molar refractivity (Wildman–Crippen MR) is 144 cm³/mol. The van der Waals surface area contributed by atoms with E-state index in [1.165, 1.54) is 10.9 Å². The molecule has 41 heavy (non-hydrogen) atoms. The molecule has 0 aromatic carbocycles. The maximum atomic E-state index is 12.3. The normalized spacial score (nSPS) is 22.7. The summed E-state index contributed by atoms with van der Waals surface area (Å²) in [6, 6.07) is -0.0814. The maximum Gasteiger partial charge on any atom is 0.226 e. The van der Waals surface area contributed by atoms with E-state index in [1.54, 1.807) is 0 Å². The summed E-state index contributed by atoms with van der Waals surface area (Å²) in [6.45, 7) is 3.64. The number of carbonyl (C=O) groups is 1. The van der Waals surface area contributed by atoms with Crippen LogP contribution in [0.2, 0.25) is 5.28 Å². The molecule has 2 aromatic heterocycles. The number of nitrogens with one attached hydrogen (secondary N) is 1. The third-order valence-corrected chi connectivity index (χ3v) is 6.65. The molecule has 2 aliphatic heterocycles. The monoisotopic (exact) mass is 598 g/mol. The molecule has 0 unspecified atom stereocenters. The van der Waals surface area contributed by atoms with Crippen LogP contribution in [0.3, 0.4) is 0 Å². The number of aliphatic hydroxyl groups is 3. The molecule has 0 saturated carbocycles. The van der Waals surface area contributed by atoms with Crippen LogP contribution in [0.25, 0.3) is 11.0 Å². The Morgan fingerprint density at radius 1 is 1.07 bits per heavy atom. The molecule has 2 aliphatic rings. The number of hydrogen-bond donors (Lipinski definition) is 4. The van der Waals surface area contributed by atoms with Gasteiger partial charge in [-0.2, -0.15) is 15.1 Å². The van der Waals surface area contributed by atoms with Crippen LogP contribution in [0.1, 0.15) is 12.6 Å². The van der Waals surface area contributed by atoms with Crippen molar-refractivity contribution in [1.82, 2.24) is 25.1 Å². The summed E-state index contributed by atoms with van der Waals surface area (Å²) >= 11 is 6.18. The van der Waals surface area contributed by atoms with E-state index in [0.717, 1.165) is 0 Å². The van der Waals surface area contributed by atoms with Crippen LogP contribution in [-0.4, -0.2) is 138 Å². The molecule has 2 fully saturated rings. The number of halogens is 1. The molecule has 4 N–H and O–H groups in total. The molecular formula is C25H35ClN6O9. The first kappa shape index (κ1) is 31.3. The average Bonchev–Trinajstić information content (AvgIpc) is 3.48. The molecule has 15 nitrogen and oxygen atoms in total. The molecule has 226 valence electrons. The molecule has 4 heterocycles. The fourth-order valence-electron chi connectivity index (χ4n) is 4.39. The summed E-state index contributed by atoms with van der Waals surface area (Å²) < 4.78 is 28.2. The number of fused-ring (bicyclic) bond motifs is 1. The van der Waals surface area contributed by atoms with E-state index in [1.807, 2.05) is 4.90 Å². The van der Waals surface area contributed by atoms with Crippen LogP contribution >= 0.6 is 11.6 Å². The Labute approximate surface area is 241 Å². The Hall–Kier alpha value is -2.65. The van der Waals surface area contributed by atoms with Gasteiger partial charge in [0.05, 0.1) is 70.5 Å². The minimum Gasteiger partial charge on any atom is -0.394 e. The maximum absolute atomic E-state index is 12.3. The van der Waals surface area contributed by atoms with Crippen LogP contribution < -0.4 is 10.2 Å². The average molecular weight is 599 g/mol. The topological polar surface area (TPSA) is 183 Å². The van der Waals surface area contributed by atoms with Gasteiger partial charge >= 0.3 is 0 Å². The van der Waals surface area contributed by atoms with Gasteiger partial charge in [0.2, 0.25) is 11.2 Å². The van der Waals surface area contributed by atoms with Crippen LogP contribution in [0.4, 0.5) is 5.82 Å². The number of aliphatic hydroxyl groups excluding tert-OH is 3. The van der Waals surface area contributed by atoms with Crippen LogP contribution in [-0.2, 0) is 28.5 Å². The summed E-state index contributed by atoms with van der Waals surface area (Å²) in [5, 5.41) is 37.6. The van der Waals surface area contributed by atoms with Crippen molar-refractivity contribution < 1.29 is 43.8 Å². The number of carbonyl (C=O) groups excluding carboxylic acids is 1. The van der Waals surface area contributed by atoms with Gasteiger partial charge in [-0.15, -0.1) is 6.42 Å². The van der Waals surface area contributed by atoms with Gasteiger partial charge in [0.1, 0.15) is 30.7 Å². The Morgan fingerprint density at radius 2 is 1.73 bits per heavy atom. The predicted octanol–water partition coefficient (Wildman–Crippen LogP) is -1.51. The molecule has 0 aliphatic carbocycles. The summed E-state index contributed by atoms with van der Waals surface area (Å²) in [5.41, 5.74) is 0.307. The summed E-state index contributed by atoms with van der Waals surface area (Å²) in [6.07, 6.45) is 2.22. The zero-order valence-electron chi connectivity index (χ0n) is 22.4. The number of nitrogens with zero attached hydrogens (tertiary/aromatic N) is 5. The van der Waals surface area contributed by atoms with Crippen molar-refractivity contribution in [3.63, 3.8) is 0 Å². The van der Waals surface area contributed by atoms with E-state index in [0.29, 0.717) is 69.6 Å². The Balaban J connectivity index is 1.14. The molecule has 0 spiro atoms. The molecule has 0 bridgehead atoms. The van der Waals surface area contributed by atoms with E-state index in [9.17, 15) is 20.1 Å². The first-order valence-corrected chi connectivity index (χ1v) is 13.6. The standard InChI is InChI=1S/C25H35ClN6O9/c1-2-4-37-6-8-39-10-11-40-9-7-38-5-3-19(34)28-16-13-31(14-16)22-17-12-27-32(23(17)30-25(26)29-22)24-21(36)20(35)18(15-33)41-24/h1,12,16,18,20-21,24,33,35-36H,3-11,13-15H2,(H,28,34)/t18-,20-,21-,24-/m1/s1. The van der Waals surface area contributed by atoms with Crippen molar-refractivity contribution in [2.75, 3.05) is 77.5 Å². The number of rotatable bonds is 17. The lowest BCUT2D eigenvalue weighted by molar-refractivity contribution is -0.123. The lowest BCUT2D eigenvalue weighted by Gasteiger charge is -2.40. The number of aromatic nitrogens is 4. The molecule has 4 rings (SSSR count). The Kier molecular flexibility index (Phi) is 11.9. The number of terminal acetylenes is 1. The quantitative estimate of drug-likeness (QED) is 0.0937. The van der Waals surface area contributed by atoms with Crippen molar-refractivity contribution in [3.8, 4) is 12.3 Å². The second-order valence-corrected chi connectivity index (χ2v) is 9.72. The molecule has 2 saturated heterocycles. The second kappa shape index (κ2) is 15.5. The Bertz CT molecular complexity index is 1170. The summed E-state index contributed by atoms with van der Waals surface area (Å²) in [7, 11) is 0. The van der Waals surface area contributed by atoms with E-state index in [4.69, 9.17) is 41.7 Å². The third-order valence-electron chi connectivity index (χ3n) is 6.49. The first-order valence-electron chi connectivity index (χ1n) is 13.2. The smallest absolute Gasteiger partial charge is 0.226 e. The van der Waals surface area contributed by atoms with Gasteiger partial charge in [0, 0.05) is 19.5 Å². The lowest BCUT2D eigenvalue weighted by Crippen LogP contribution is -2.59. The van der Waals surface area contributed by atoms with Gasteiger partial charge < -0.3 is 49.2 Å². The largest absolute Gasteiger partial charge is 0.394 e. The fraction of sp³-hybridized carbons (Fsp3) is 0.680. The van der Waals surface area contributed by atoms with Gasteiger partial charge in [0.15, 0.2) is 11.9 Å². The van der Waals surface area contributed by atoms with Crippen LogP contribution in [0.15, 0.2) is 6.20 Å². The number of amides is 1. The lowest BCUT2D eigenvalue weighted by atomic mass is 10.1. The van der Waals surface area contributed by atoms with Gasteiger partial charge in [-0.3, -0.25) is 4.79 Å². The minimum absolute atomic E-state index is 0.0344. The van der Waals surface area contributed by atoms with Crippen molar-refractivity contribution >= 4 is 34.4 Å². The molecule has 16 heteroatoms. The Morgan fingerprint density at radius 3 is 2.37 bits per heavy atom. The molecule has 4 atom stereocenters. The highest BCUT2D eigenvalue weighted by Crippen LogP contribution is 2.34. The molecular weight excluding hydrogens is 564 g/mol. The van der Waals surface area contributed by atoms with Crippen LogP contribution in [0.5, 0.6) is 0 Å². The number of hydrogen-bond acceptors (Lipinski definition) is 13. The minimum atomic E-state index is -1.32. The first-order chi connectivity index (χ1) is 19.9. The van der Waals surface area contributed by atoms with Gasteiger partial charge in [-0.05, 0) is 11.6 Å². The fourth-order valence-corrected chi connectivity index (χ4v) is 4.55. The molecule has 0 radical (unpaired) electrons. The SMILES string of the molecule is C#CCOCCOCCOCCOCCC(=O)NC1CN(c2nc(Cl)nc3c2cnn3[C@@H]2O[C@H](CO)[C@@H](O)[C@H]2O)C1. The van der Waals surface area contributed by atoms with Crippen molar-refractivity contribution in [2.45, 2.75) is 37.0 Å². The highest BCUT2D eigenvalue weighted by Gasteiger charge is 2.44. The van der Waals surface area contributed by atoms with Gasteiger partial charge in [-0.1, -0.05) is 5.92 Å². The van der Waals surface area contributed by atoms with E-state index in [2.05, 4.69) is 26.3 Å². The van der Waals surface area contributed by atoms with Crippen molar-refractivity contribution in [3.05, 3.63) is 11.5 Å². The summed E-state index contributed by atoms with van der Waals surface area (Å²) in [5.74, 6) is 2.78. The summed E-state index contributed by atoms with van der Waals surface area (Å²) in [4.78, 5) is 22.8. The second-order valence-electron chi connectivity index (χ2n) is 9.38. The van der Waals surface area contributed by atoms with E-state index >= 15 is 0 Å². The number of ether oxygens (including phenoxy) is 5. The van der Waals surface area contributed by atoms with Gasteiger partial charge in [0.25, 0.3) is 0 Å². The zero-order valence-corrected chi connectivity index (χ0v) is 23.2. The highest BCUT2D eigenvalue weighted by molar-refractivity contribution is 6.28. The van der Waals surface area contributed by atoms with Crippen molar-refractivity contribution in [2.24, 2.45) is 0 Å². The molecule has 2 aromatic rings. The third kappa shape index (κ3) is 8.22.